The van der Waals surface area contributed by atoms with Crippen LogP contribution >= 0.6 is 0 Å². The first kappa shape index (κ1) is 29.9. The summed E-state index contributed by atoms with van der Waals surface area (Å²) in [5.41, 5.74) is 5.05. The molecule has 0 aliphatic heterocycles. The molecule has 1 unspecified atom stereocenters. The van der Waals surface area contributed by atoms with E-state index in [2.05, 4.69) is 20.5 Å². The molecule has 2 aromatic rings. The predicted molar refractivity (Wildman–Crippen MR) is 141 cm³/mol. The number of halogens is 3. The van der Waals surface area contributed by atoms with Crippen molar-refractivity contribution in [3.05, 3.63) is 71.9 Å². The second-order valence-corrected chi connectivity index (χ2v) is 8.76. The molecule has 0 aliphatic rings. The van der Waals surface area contributed by atoms with Crippen LogP contribution in [0.25, 0.3) is 0 Å². The summed E-state index contributed by atoms with van der Waals surface area (Å²) in [6.45, 7) is 6.61. The highest BCUT2D eigenvalue weighted by Crippen LogP contribution is 2.31. The van der Waals surface area contributed by atoms with Gasteiger partial charge in [0.1, 0.15) is 5.75 Å². The standard InChI is InChI=1S/C27H36F3N5O2/c1-4-35(3)19-18-34-25(36)26(2,37-24-12-8-22(9-13-24)27(28,29)30)14-17-32-20-21-6-10-23(11-7-21)33-16-5-15-31/h5-13,15-16,32H,4,14,17-20,31H2,1-3H3,(H,34,36). The van der Waals surface area contributed by atoms with Crippen LogP contribution in [-0.2, 0) is 17.5 Å². The highest BCUT2D eigenvalue weighted by Gasteiger charge is 2.36. The SMILES string of the molecule is CCN(C)CCNC(=O)C(C)(CCNCc1ccc(N=CC=CN)cc1)Oc1ccc(C(F)(F)F)cc1. The molecule has 202 valence electrons. The van der Waals surface area contributed by atoms with Gasteiger partial charge in [0.2, 0.25) is 0 Å². The van der Waals surface area contributed by atoms with Crippen LogP contribution in [0.5, 0.6) is 5.75 Å². The normalized spacial score (nSPS) is 13.8. The number of allylic oxidation sites excluding steroid dienone is 1. The molecule has 2 rings (SSSR count). The van der Waals surface area contributed by atoms with Crippen molar-refractivity contribution in [1.29, 1.82) is 0 Å². The number of hydrogen-bond acceptors (Lipinski definition) is 6. The Labute approximate surface area is 216 Å². The number of ether oxygens (including phenoxy) is 1. The summed E-state index contributed by atoms with van der Waals surface area (Å²) in [4.78, 5) is 19.4. The number of rotatable bonds is 14. The van der Waals surface area contributed by atoms with Gasteiger partial charge in [-0.05, 0) is 81.3 Å². The van der Waals surface area contributed by atoms with Gasteiger partial charge >= 0.3 is 6.18 Å². The topological polar surface area (TPSA) is 92.0 Å². The Morgan fingerprint density at radius 1 is 1.11 bits per heavy atom. The van der Waals surface area contributed by atoms with E-state index in [1.807, 2.05) is 38.2 Å². The first-order valence-corrected chi connectivity index (χ1v) is 12.1. The Morgan fingerprint density at radius 3 is 2.38 bits per heavy atom. The molecule has 7 nitrogen and oxygen atoms in total. The molecular formula is C27H36F3N5O2. The van der Waals surface area contributed by atoms with E-state index in [0.717, 1.165) is 29.9 Å². The molecule has 1 amide bonds. The van der Waals surface area contributed by atoms with Gasteiger partial charge in [-0.2, -0.15) is 13.2 Å². The number of likely N-dealkylation sites (N-methyl/N-ethyl adjacent to an activating group) is 1. The smallest absolute Gasteiger partial charge is 0.416 e. The molecule has 0 radical (unpaired) electrons. The zero-order chi connectivity index (χ0) is 27.3. The van der Waals surface area contributed by atoms with Gasteiger partial charge in [-0.25, -0.2) is 0 Å². The zero-order valence-corrected chi connectivity index (χ0v) is 21.5. The molecule has 0 saturated carbocycles. The van der Waals surface area contributed by atoms with Crippen molar-refractivity contribution in [2.24, 2.45) is 10.7 Å². The third-order valence-corrected chi connectivity index (χ3v) is 5.79. The third-order valence-electron chi connectivity index (χ3n) is 5.79. The van der Waals surface area contributed by atoms with Crippen LogP contribution < -0.4 is 21.1 Å². The van der Waals surface area contributed by atoms with E-state index < -0.39 is 17.3 Å². The minimum Gasteiger partial charge on any atom is -0.478 e. The van der Waals surface area contributed by atoms with E-state index in [-0.39, 0.29) is 11.7 Å². The lowest BCUT2D eigenvalue weighted by atomic mass is 10.00. The van der Waals surface area contributed by atoms with Gasteiger partial charge in [0.05, 0.1) is 11.3 Å². The number of carbonyl (C=O) groups excluding carboxylic acids is 1. The molecule has 0 spiro atoms. The van der Waals surface area contributed by atoms with Gasteiger partial charge in [-0.1, -0.05) is 19.1 Å². The molecule has 0 aromatic heterocycles. The van der Waals surface area contributed by atoms with Crippen molar-refractivity contribution in [2.45, 2.75) is 38.6 Å². The summed E-state index contributed by atoms with van der Waals surface area (Å²) in [7, 11) is 1.95. The van der Waals surface area contributed by atoms with Crippen LogP contribution in [-0.4, -0.2) is 55.8 Å². The fraction of sp³-hybridized carbons (Fsp3) is 0.407. The number of amides is 1. The van der Waals surface area contributed by atoms with E-state index in [9.17, 15) is 18.0 Å². The number of nitrogens with one attached hydrogen (secondary N) is 2. The Balaban J connectivity index is 2.01. The van der Waals surface area contributed by atoms with E-state index in [4.69, 9.17) is 10.5 Å². The van der Waals surface area contributed by atoms with Gasteiger partial charge in [-0.15, -0.1) is 0 Å². The lowest BCUT2D eigenvalue weighted by Crippen LogP contribution is -2.51. The monoisotopic (exact) mass is 519 g/mol. The number of nitrogens with zero attached hydrogens (tertiary/aromatic N) is 2. The van der Waals surface area contributed by atoms with Crippen LogP contribution in [0.3, 0.4) is 0 Å². The highest BCUT2D eigenvalue weighted by molar-refractivity contribution is 5.85. The van der Waals surface area contributed by atoms with Gasteiger partial charge in [0, 0.05) is 32.3 Å². The number of alkyl halides is 3. The largest absolute Gasteiger partial charge is 0.478 e. The maximum Gasteiger partial charge on any atom is 0.416 e. The number of aliphatic imine (C=N–C) groups is 1. The molecule has 4 N–H and O–H groups in total. The Hall–Kier alpha value is -3.37. The fourth-order valence-electron chi connectivity index (χ4n) is 3.33. The van der Waals surface area contributed by atoms with Gasteiger partial charge in [0.25, 0.3) is 5.91 Å². The molecule has 0 heterocycles. The molecule has 0 fully saturated rings. The maximum absolute atomic E-state index is 13.1. The van der Waals surface area contributed by atoms with E-state index in [1.54, 1.807) is 19.2 Å². The molecule has 10 heteroatoms. The van der Waals surface area contributed by atoms with Crippen LogP contribution in [0, 0.1) is 0 Å². The Bertz CT molecular complexity index is 1020. The minimum atomic E-state index is -4.44. The lowest BCUT2D eigenvalue weighted by molar-refractivity contribution is -0.138. The average Bonchev–Trinajstić information content (AvgIpc) is 2.87. The molecule has 0 saturated heterocycles. The molecule has 0 bridgehead atoms. The molecule has 1 atom stereocenters. The Morgan fingerprint density at radius 2 is 1.78 bits per heavy atom. The summed E-state index contributed by atoms with van der Waals surface area (Å²) >= 11 is 0. The summed E-state index contributed by atoms with van der Waals surface area (Å²) in [5, 5.41) is 6.19. The third kappa shape index (κ3) is 10.3. The molecular weight excluding hydrogens is 483 g/mol. The van der Waals surface area contributed by atoms with E-state index in [0.29, 0.717) is 32.6 Å². The van der Waals surface area contributed by atoms with Crippen LogP contribution in [0.2, 0.25) is 0 Å². The second-order valence-electron chi connectivity index (χ2n) is 8.76. The van der Waals surface area contributed by atoms with Crippen LogP contribution in [0.4, 0.5) is 18.9 Å². The zero-order valence-electron chi connectivity index (χ0n) is 21.5. The second kappa shape index (κ2) is 14.4. The van der Waals surface area contributed by atoms with Crippen molar-refractivity contribution < 1.29 is 22.7 Å². The van der Waals surface area contributed by atoms with Crippen molar-refractivity contribution in [3.63, 3.8) is 0 Å². The number of carbonyl (C=O) groups is 1. The first-order chi connectivity index (χ1) is 17.6. The van der Waals surface area contributed by atoms with E-state index in [1.165, 1.54) is 18.3 Å². The van der Waals surface area contributed by atoms with E-state index >= 15 is 0 Å². The van der Waals surface area contributed by atoms with Crippen molar-refractivity contribution in [1.82, 2.24) is 15.5 Å². The quantitative estimate of drug-likeness (QED) is 0.256. The average molecular weight is 520 g/mol. The predicted octanol–water partition coefficient (Wildman–Crippen LogP) is 4.27. The number of benzene rings is 2. The lowest BCUT2D eigenvalue weighted by Gasteiger charge is -2.30. The Kier molecular flexibility index (Phi) is 11.6. The minimum absolute atomic E-state index is 0.192. The molecule has 0 aliphatic carbocycles. The van der Waals surface area contributed by atoms with Gasteiger partial charge in [-0.3, -0.25) is 9.79 Å². The summed E-state index contributed by atoms with van der Waals surface area (Å²) in [5.74, 6) is -0.135. The maximum atomic E-state index is 13.1. The number of nitrogens with two attached hydrogens (primary N) is 1. The van der Waals surface area contributed by atoms with Crippen molar-refractivity contribution in [2.75, 3.05) is 33.2 Å². The van der Waals surface area contributed by atoms with Gasteiger partial charge in [0.15, 0.2) is 5.60 Å². The summed E-state index contributed by atoms with van der Waals surface area (Å²) in [6, 6.07) is 12.0. The van der Waals surface area contributed by atoms with Gasteiger partial charge < -0.3 is 26.0 Å². The van der Waals surface area contributed by atoms with Crippen LogP contribution in [0.15, 0.2) is 65.8 Å². The summed E-state index contributed by atoms with van der Waals surface area (Å²) in [6.07, 6.45) is 0.506. The number of hydrogen-bond donors (Lipinski definition) is 3. The van der Waals surface area contributed by atoms with Crippen LogP contribution in [0.1, 0.15) is 31.4 Å². The highest BCUT2D eigenvalue weighted by atomic mass is 19.4. The molecule has 37 heavy (non-hydrogen) atoms. The van der Waals surface area contributed by atoms with Crippen molar-refractivity contribution >= 4 is 17.8 Å². The molecule has 2 aromatic carbocycles. The summed E-state index contributed by atoms with van der Waals surface area (Å²) < 4.78 is 44.7. The fourth-order valence-corrected chi connectivity index (χ4v) is 3.33. The van der Waals surface area contributed by atoms with Crippen molar-refractivity contribution in [3.8, 4) is 5.75 Å². The first-order valence-electron chi connectivity index (χ1n) is 12.1.